The quantitative estimate of drug-likeness (QED) is 0.663. The van der Waals surface area contributed by atoms with Crippen molar-refractivity contribution in [3.63, 3.8) is 0 Å². The van der Waals surface area contributed by atoms with Crippen molar-refractivity contribution in [2.75, 3.05) is 0 Å². The first-order valence-corrected chi connectivity index (χ1v) is 6.71. The van der Waals surface area contributed by atoms with Gasteiger partial charge in [-0.15, -0.1) is 11.6 Å². The summed E-state index contributed by atoms with van der Waals surface area (Å²) in [5.74, 6) is -1.14. The van der Waals surface area contributed by atoms with E-state index in [-0.39, 0.29) is 10.8 Å². The van der Waals surface area contributed by atoms with Crippen LogP contribution in [0.25, 0.3) is 0 Å². The molecule has 1 aromatic rings. The Morgan fingerprint density at radius 2 is 1.78 bits per heavy atom. The fraction of sp³-hybridized carbons (Fsp3) is 0.600. The van der Waals surface area contributed by atoms with E-state index in [0.29, 0.717) is 12.3 Å². The Morgan fingerprint density at radius 3 is 2.28 bits per heavy atom. The molecule has 1 rings (SSSR count). The maximum atomic E-state index is 13.1. The summed E-state index contributed by atoms with van der Waals surface area (Å²) >= 11 is 6.29. The van der Waals surface area contributed by atoms with Crippen LogP contribution in [0.1, 0.15) is 39.7 Å². The second kappa shape index (κ2) is 6.01. The van der Waals surface area contributed by atoms with Gasteiger partial charge in [-0.25, -0.2) is 8.78 Å². The van der Waals surface area contributed by atoms with Gasteiger partial charge in [0.1, 0.15) is 0 Å². The molecule has 0 saturated heterocycles. The topological polar surface area (TPSA) is 0 Å². The van der Waals surface area contributed by atoms with Gasteiger partial charge >= 0.3 is 0 Å². The molecule has 102 valence electrons. The van der Waals surface area contributed by atoms with Gasteiger partial charge in [0.2, 0.25) is 0 Å². The molecule has 2 atom stereocenters. The summed E-state index contributed by atoms with van der Waals surface area (Å²) < 4.78 is 25.9. The highest BCUT2D eigenvalue weighted by Gasteiger charge is 2.23. The molecule has 0 aliphatic carbocycles. The second-order valence-electron chi connectivity index (χ2n) is 6.05. The Kier molecular flexibility index (Phi) is 5.15. The zero-order chi connectivity index (χ0) is 13.9. The molecule has 0 radical (unpaired) electrons. The predicted octanol–water partition coefficient (Wildman–Crippen LogP) is 5.19. The van der Waals surface area contributed by atoms with E-state index < -0.39 is 11.6 Å². The lowest BCUT2D eigenvalue weighted by atomic mass is 9.79. The molecule has 1 aromatic carbocycles. The van der Waals surface area contributed by atoms with Gasteiger partial charge in [-0.2, -0.15) is 0 Å². The summed E-state index contributed by atoms with van der Waals surface area (Å²) in [5.41, 5.74) is 0.955. The van der Waals surface area contributed by atoms with Crippen LogP contribution in [-0.2, 0) is 6.42 Å². The number of rotatable bonds is 4. The van der Waals surface area contributed by atoms with E-state index >= 15 is 0 Å². The monoisotopic (exact) mass is 274 g/mol. The van der Waals surface area contributed by atoms with E-state index in [1.165, 1.54) is 6.07 Å². The third-order valence-electron chi connectivity index (χ3n) is 3.53. The minimum Gasteiger partial charge on any atom is -0.204 e. The summed E-state index contributed by atoms with van der Waals surface area (Å²) in [6.07, 6.45) is 1.43. The molecule has 0 N–H and O–H groups in total. The SMILES string of the molecule is CC(CC(Cl)Cc1ccc(F)c(F)c1)C(C)(C)C. The third-order valence-corrected chi connectivity index (χ3v) is 3.86. The largest absolute Gasteiger partial charge is 0.204 e. The third kappa shape index (κ3) is 4.56. The maximum Gasteiger partial charge on any atom is 0.159 e. The molecule has 18 heavy (non-hydrogen) atoms. The molecule has 3 heteroatoms. The number of benzene rings is 1. The van der Waals surface area contributed by atoms with Crippen LogP contribution in [0.5, 0.6) is 0 Å². The average molecular weight is 275 g/mol. The molecular formula is C15H21ClF2. The molecule has 0 nitrogen and oxygen atoms in total. The van der Waals surface area contributed by atoms with Crippen molar-refractivity contribution < 1.29 is 8.78 Å². The van der Waals surface area contributed by atoms with E-state index in [4.69, 9.17) is 11.6 Å². The van der Waals surface area contributed by atoms with Crippen LogP contribution in [-0.4, -0.2) is 5.38 Å². The molecule has 0 fully saturated rings. The minimum atomic E-state index is -0.812. The van der Waals surface area contributed by atoms with Crippen molar-refractivity contribution >= 4 is 11.6 Å². The van der Waals surface area contributed by atoms with Gasteiger partial charge in [0.25, 0.3) is 0 Å². The first kappa shape index (κ1) is 15.4. The van der Waals surface area contributed by atoms with Crippen molar-refractivity contribution in [3.05, 3.63) is 35.4 Å². The van der Waals surface area contributed by atoms with Crippen LogP contribution < -0.4 is 0 Å². The van der Waals surface area contributed by atoms with Gasteiger partial charge < -0.3 is 0 Å². The fourth-order valence-electron chi connectivity index (χ4n) is 1.74. The van der Waals surface area contributed by atoms with Crippen molar-refractivity contribution in [2.45, 2.75) is 45.9 Å². The molecule has 0 heterocycles. The molecule has 0 saturated carbocycles. The first-order valence-electron chi connectivity index (χ1n) is 6.28. The van der Waals surface area contributed by atoms with Gasteiger partial charge in [-0.3, -0.25) is 0 Å². The lowest BCUT2D eigenvalue weighted by molar-refractivity contribution is 0.244. The number of hydrogen-bond donors (Lipinski definition) is 0. The Balaban J connectivity index is 2.59. The lowest BCUT2D eigenvalue weighted by Crippen LogP contribution is -2.21. The Hall–Kier alpha value is -0.630. The molecule has 0 aromatic heterocycles. The zero-order valence-electron chi connectivity index (χ0n) is 11.4. The van der Waals surface area contributed by atoms with E-state index in [0.717, 1.165) is 18.1 Å². The van der Waals surface area contributed by atoms with Crippen LogP contribution in [0.3, 0.4) is 0 Å². The molecule has 0 aliphatic rings. The minimum absolute atomic E-state index is 0.0518. The van der Waals surface area contributed by atoms with Crippen molar-refractivity contribution in [1.29, 1.82) is 0 Å². The van der Waals surface area contributed by atoms with Crippen LogP contribution in [0.15, 0.2) is 18.2 Å². The van der Waals surface area contributed by atoms with Gasteiger partial charge in [0, 0.05) is 5.38 Å². The molecule has 2 unspecified atom stereocenters. The van der Waals surface area contributed by atoms with Gasteiger partial charge in [0.05, 0.1) is 0 Å². The normalized spacial score (nSPS) is 15.5. The molecule has 0 amide bonds. The summed E-state index contributed by atoms with van der Waals surface area (Å²) in [6.45, 7) is 8.71. The Bertz CT molecular complexity index is 396. The molecule has 0 bridgehead atoms. The summed E-state index contributed by atoms with van der Waals surface area (Å²) in [6, 6.07) is 3.98. The summed E-state index contributed by atoms with van der Waals surface area (Å²) in [5, 5.41) is -0.0518. The molecule has 0 aliphatic heterocycles. The highest BCUT2D eigenvalue weighted by molar-refractivity contribution is 6.20. The van der Waals surface area contributed by atoms with Crippen molar-refractivity contribution in [1.82, 2.24) is 0 Å². The van der Waals surface area contributed by atoms with Crippen LogP contribution in [0, 0.1) is 23.0 Å². The number of hydrogen-bond acceptors (Lipinski definition) is 0. The van der Waals surface area contributed by atoms with Gasteiger partial charge in [-0.1, -0.05) is 33.8 Å². The second-order valence-corrected chi connectivity index (χ2v) is 6.67. The Morgan fingerprint density at radius 1 is 1.17 bits per heavy atom. The van der Waals surface area contributed by atoms with E-state index in [1.807, 2.05) is 0 Å². The highest BCUT2D eigenvalue weighted by atomic mass is 35.5. The average Bonchev–Trinajstić information content (AvgIpc) is 2.22. The van der Waals surface area contributed by atoms with Crippen molar-refractivity contribution in [3.8, 4) is 0 Å². The predicted molar refractivity (Wildman–Crippen MR) is 72.9 cm³/mol. The van der Waals surface area contributed by atoms with E-state index in [1.54, 1.807) is 6.07 Å². The summed E-state index contributed by atoms with van der Waals surface area (Å²) in [4.78, 5) is 0. The fourth-order valence-corrected chi connectivity index (χ4v) is 2.19. The lowest BCUT2D eigenvalue weighted by Gasteiger charge is -2.29. The van der Waals surface area contributed by atoms with Crippen molar-refractivity contribution in [2.24, 2.45) is 11.3 Å². The first-order chi connectivity index (χ1) is 8.20. The van der Waals surface area contributed by atoms with E-state index in [9.17, 15) is 8.78 Å². The van der Waals surface area contributed by atoms with Gasteiger partial charge in [-0.05, 0) is 41.9 Å². The summed E-state index contributed by atoms with van der Waals surface area (Å²) in [7, 11) is 0. The highest BCUT2D eigenvalue weighted by Crippen LogP contribution is 2.31. The Labute approximate surface area is 113 Å². The smallest absolute Gasteiger partial charge is 0.159 e. The molecule has 0 spiro atoms. The van der Waals surface area contributed by atoms with E-state index in [2.05, 4.69) is 27.7 Å². The number of alkyl halides is 1. The van der Waals surface area contributed by atoms with Crippen LogP contribution >= 0.6 is 11.6 Å². The van der Waals surface area contributed by atoms with Gasteiger partial charge in [0.15, 0.2) is 11.6 Å². The van der Waals surface area contributed by atoms with Crippen LogP contribution in [0.4, 0.5) is 8.78 Å². The van der Waals surface area contributed by atoms with Crippen LogP contribution in [0.2, 0.25) is 0 Å². The zero-order valence-corrected chi connectivity index (χ0v) is 12.2. The maximum absolute atomic E-state index is 13.1. The number of halogens is 3. The molecular weight excluding hydrogens is 254 g/mol. The standard InChI is InChI=1S/C15H21ClF2/c1-10(15(2,3)4)7-12(16)8-11-5-6-13(17)14(18)9-11/h5-6,9-10,12H,7-8H2,1-4H3.